The fourth-order valence-electron chi connectivity index (χ4n) is 2.13. The Labute approximate surface area is 103 Å². The monoisotopic (exact) mass is 247 g/mol. The first-order chi connectivity index (χ1) is 8.77. The highest BCUT2D eigenvalue weighted by Crippen LogP contribution is 2.22. The van der Waals surface area contributed by atoms with Gasteiger partial charge in [-0.25, -0.2) is 10.9 Å². The number of amides is 2. The molecule has 1 aromatic carbocycles. The van der Waals surface area contributed by atoms with Crippen LogP contribution in [0.5, 0.6) is 0 Å². The van der Waals surface area contributed by atoms with E-state index in [9.17, 15) is 9.59 Å². The summed E-state index contributed by atoms with van der Waals surface area (Å²) in [5, 5.41) is 0. The van der Waals surface area contributed by atoms with E-state index in [1.165, 1.54) is 4.90 Å². The molecule has 0 aliphatic carbocycles. The lowest BCUT2D eigenvalue weighted by Gasteiger charge is -2.16. The lowest BCUT2D eigenvalue weighted by Crippen LogP contribution is -2.39. The van der Waals surface area contributed by atoms with Gasteiger partial charge in [0.2, 0.25) is 0 Å². The normalized spacial score (nSPS) is 19.7. The van der Waals surface area contributed by atoms with E-state index in [0.29, 0.717) is 24.1 Å². The molecule has 1 aromatic rings. The van der Waals surface area contributed by atoms with Crippen LogP contribution in [-0.2, 0) is 0 Å². The third-order valence-electron chi connectivity index (χ3n) is 3.07. The summed E-state index contributed by atoms with van der Waals surface area (Å²) in [6.45, 7) is 0.375. The summed E-state index contributed by atoms with van der Waals surface area (Å²) in [5.41, 5.74) is 12.2. The van der Waals surface area contributed by atoms with Crippen molar-refractivity contribution in [1.29, 1.82) is 0 Å². The van der Waals surface area contributed by atoms with Crippen LogP contribution in [0.2, 0.25) is 0 Å². The lowest BCUT2D eigenvalue weighted by atomic mass is 10.1. The predicted molar refractivity (Wildman–Crippen MR) is 62.8 cm³/mol. The molecule has 1 saturated heterocycles. The molecule has 0 radical (unpaired) electrons. The van der Waals surface area contributed by atoms with Crippen LogP contribution >= 0.6 is 0 Å². The number of benzene rings is 1. The maximum absolute atomic E-state index is 12.0. The number of hydrazine groups is 3. The molecule has 0 aromatic heterocycles. The van der Waals surface area contributed by atoms with Crippen molar-refractivity contribution in [2.75, 3.05) is 6.54 Å². The molecule has 2 heterocycles. The van der Waals surface area contributed by atoms with Gasteiger partial charge in [0.25, 0.3) is 11.8 Å². The zero-order valence-corrected chi connectivity index (χ0v) is 9.56. The van der Waals surface area contributed by atoms with Crippen molar-refractivity contribution in [2.45, 2.75) is 12.6 Å². The second-order valence-electron chi connectivity index (χ2n) is 4.19. The molecular formula is C11H13N5O2. The molecule has 0 spiro atoms. The molecule has 7 nitrogen and oxygen atoms in total. The maximum atomic E-state index is 12.0. The average molecular weight is 247 g/mol. The average Bonchev–Trinajstić information content (AvgIpc) is 2.98. The van der Waals surface area contributed by atoms with Crippen LogP contribution in [-0.4, -0.2) is 29.4 Å². The molecule has 1 fully saturated rings. The van der Waals surface area contributed by atoms with E-state index in [0.717, 1.165) is 0 Å². The summed E-state index contributed by atoms with van der Waals surface area (Å²) in [7, 11) is 0. The van der Waals surface area contributed by atoms with Gasteiger partial charge in [-0.2, -0.15) is 11.1 Å². The van der Waals surface area contributed by atoms with E-state index in [2.05, 4.69) is 21.9 Å². The number of nitrogens with zero attached hydrogens (tertiary/aromatic N) is 1. The van der Waals surface area contributed by atoms with E-state index >= 15 is 0 Å². The van der Waals surface area contributed by atoms with Gasteiger partial charge in [0.1, 0.15) is 0 Å². The van der Waals surface area contributed by atoms with Crippen molar-refractivity contribution < 1.29 is 9.59 Å². The van der Waals surface area contributed by atoms with Crippen molar-refractivity contribution in [2.24, 2.45) is 0 Å². The Morgan fingerprint density at radius 1 is 1.00 bits per heavy atom. The van der Waals surface area contributed by atoms with Gasteiger partial charge in [-0.3, -0.25) is 14.5 Å². The van der Waals surface area contributed by atoms with Crippen LogP contribution in [0.3, 0.4) is 0 Å². The van der Waals surface area contributed by atoms with Crippen molar-refractivity contribution in [3.05, 3.63) is 35.4 Å². The molecule has 4 N–H and O–H groups in total. The van der Waals surface area contributed by atoms with E-state index in [4.69, 9.17) is 0 Å². The van der Waals surface area contributed by atoms with E-state index in [1.54, 1.807) is 24.3 Å². The number of hydrogen-bond donors (Lipinski definition) is 4. The molecule has 0 bridgehead atoms. The third kappa shape index (κ3) is 1.79. The van der Waals surface area contributed by atoms with Gasteiger partial charge >= 0.3 is 0 Å². The number of nitrogens with one attached hydrogen (secondary N) is 4. The van der Waals surface area contributed by atoms with Gasteiger partial charge in [-0.05, 0) is 18.6 Å². The van der Waals surface area contributed by atoms with Crippen LogP contribution in [0.4, 0.5) is 0 Å². The minimum Gasteiger partial charge on any atom is -0.274 e. The Bertz CT molecular complexity index is 463. The van der Waals surface area contributed by atoms with E-state index < -0.39 is 0 Å². The van der Waals surface area contributed by atoms with Crippen LogP contribution in [0, 0.1) is 0 Å². The number of carbonyl (C=O) groups excluding carboxylic acids is 2. The Morgan fingerprint density at radius 3 is 2.11 bits per heavy atom. The Kier molecular flexibility index (Phi) is 2.80. The lowest BCUT2D eigenvalue weighted by molar-refractivity contribution is 0.0648. The first-order valence-corrected chi connectivity index (χ1v) is 5.73. The van der Waals surface area contributed by atoms with Gasteiger partial charge in [0, 0.05) is 6.54 Å². The molecule has 2 aliphatic rings. The molecule has 0 saturated carbocycles. The number of hydrogen-bond acceptors (Lipinski definition) is 6. The summed E-state index contributed by atoms with van der Waals surface area (Å²) in [6.07, 6.45) is 0.597. The highest BCUT2D eigenvalue weighted by Gasteiger charge is 2.35. The second kappa shape index (κ2) is 4.46. The predicted octanol–water partition coefficient (Wildman–Crippen LogP) is -0.884. The molecule has 3 rings (SSSR count). The van der Waals surface area contributed by atoms with Crippen molar-refractivity contribution in [1.82, 2.24) is 26.8 Å². The zero-order valence-electron chi connectivity index (χ0n) is 9.56. The summed E-state index contributed by atoms with van der Waals surface area (Å²) in [5.74, 6) is -0.427. The minimum absolute atomic E-state index is 0.0192. The van der Waals surface area contributed by atoms with Crippen LogP contribution in [0.25, 0.3) is 0 Å². The Morgan fingerprint density at radius 2 is 1.56 bits per heavy atom. The number of rotatable bonds is 3. The quantitative estimate of drug-likeness (QED) is 0.519. The fourth-order valence-corrected chi connectivity index (χ4v) is 2.13. The molecule has 2 amide bonds. The number of fused-ring (bicyclic) bond motifs is 1. The fraction of sp³-hybridized carbons (Fsp3) is 0.273. The van der Waals surface area contributed by atoms with Gasteiger partial charge < -0.3 is 0 Å². The summed E-state index contributed by atoms with van der Waals surface area (Å²) < 4.78 is 0. The van der Waals surface area contributed by atoms with E-state index in [-0.39, 0.29) is 18.0 Å². The third-order valence-corrected chi connectivity index (χ3v) is 3.07. The summed E-state index contributed by atoms with van der Waals surface area (Å²) in [6, 6.07) is 6.90. The minimum atomic E-state index is -0.213. The van der Waals surface area contributed by atoms with E-state index in [1.807, 2.05) is 0 Å². The van der Waals surface area contributed by atoms with Crippen molar-refractivity contribution in [3.8, 4) is 0 Å². The standard InChI is InChI=1S/C11H13N5O2/c17-10-7-3-1-2-4-8(7)11(18)16(10)6-5-9-12-14-15-13-9/h1-4,9,12-15H,5-6H2. The highest BCUT2D eigenvalue weighted by atomic mass is 16.2. The molecule has 0 atom stereocenters. The summed E-state index contributed by atoms with van der Waals surface area (Å²) >= 11 is 0. The molecule has 18 heavy (non-hydrogen) atoms. The highest BCUT2D eigenvalue weighted by molar-refractivity contribution is 6.21. The summed E-state index contributed by atoms with van der Waals surface area (Å²) in [4.78, 5) is 25.4. The van der Waals surface area contributed by atoms with Gasteiger partial charge in [-0.15, -0.1) is 0 Å². The SMILES string of the molecule is O=C1c2ccccc2C(=O)N1CCC1NNNN1. The van der Waals surface area contributed by atoms with Gasteiger partial charge in [0.05, 0.1) is 17.3 Å². The first kappa shape index (κ1) is 11.3. The maximum Gasteiger partial charge on any atom is 0.261 e. The number of imide groups is 1. The number of carbonyl (C=O) groups is 2. The van der Waals surface area contributed by atoms with Crippen LogP contribution in [0.1, 0.15) is 27.1 Å². The zero-order chi connectivity index (χ0) is 12.5. The molecule has 2 aliphatic heterocycles. The van der Waals surface area contributed by atoms with Crippen LogP contribution in [0.15, 0.2) is 24.3 Å². The Hall–Kier alpha value is -1.80. The molecule has 7 heteroatoms. The molecular weight excluding hydrogens is 234 g/mol. The van der Waals surface area contributed by atoms with Gasteiger partial charge in [0.15, 0.2) is 0 Å². The van der Waals surface area contributed by atoms with Crippen molar-refractivity contribution >= 4 is 11.8 Å². The first-order valence-electron chi connectivity index (χ1n) is 5.73. The molecule has 0 unspecified atom stereocenters. The second-order valence-corrected chi connectivity index (χ2v) is 4.19. The largest absolute Gasteiger partial charge is 0.274 e. The van der Waals surface area contributed by atoms with Crippen molar-refractivity contribution in [3.63, 3.8) is 0 Å². The topological polar surface area (TPSA) is 85.5 Å². The Balaban J connectivity index is 1.71. The van der Waals surface area contributed by atoms with Gasteiger partial charge in [-0.1, -0.05) is 12.1 Å². The smallest absolute Gasteiger partial charge is 0.261 e. The molecule has 94 valence electrons. The van der Waals surface area contributed by atoms with Crippen LogP contribution < -0.4 is 21.9 Å².